The van der Waals surface area contributed by atoms with Crippen LogP contribution in [-0.4, -0.2) is 45.2 Å². The van der Waals surface area contributed by atoms with Gasteiger partial charge in [-0.1, -0.05) is 31.4 Å². The van der Waals surface area contributed by atoms with Crippen molar-refractivity contribution in [2.24, 2.45) is 28.6 Å². The van der Waals surface area contributed by atoms with Crippen molar-refractivity contribution in [1.29, 1.82) is 0 Å². The summed E-state index contributed by atoms with van der Waals surface area (Å²) in [4.78, 5) is 11.4. The molecule has 0 aromatic rings. The molecule has 0 spiro atoms. The molecule has 4 aliphatic carbocycles. The summed E-state index contributed by atoms with van der Waals surface area (Å²) in [6.45, 7) is 5.54. The number of aliphatic hydroxyl groups is 3. The fraction of sp³-hybridized carbons (Fsp3) is 0.783. The largest absolute Gasteiger partial charge is 0.459 e. The van der Waals surface area contributed by atoms with Crippen molar-refractivity contribution in [2.45, 2.75) is 83.2 Å². The van der Waals surface area contributed by atoms with Crippen molar-refractivity contribution in [1.82, 2.24) is 0 Å². The Morgan fingerprint density at radius 3 is 2.64 bits per heavy atom. The van der Waals surface area contributed by atoms with Gasteiger partial charge in [-0.15, -0.1) is 6.42 Å². The Hall–Kier alpha value is -1.35. The van der Waals surface area contributed by atoms with E-state index < -0.39 is 29.3 Å². The number of terminal acetylenes is 1. The van der Waals surface area contributed by atoms with Crippen LogP contribution in [0.5, 0.6) is 0 Å². The first-order valence-corrected chi connectivity index (χ1v) is 10.5. The number of fused-ring (bicyclic) bond motifs is 5. The fourth-order valence-electron chi connectivity index (χ4n) is 7.39. The molecular weight excluding hydrogens is 356 g/mol. The van der Waals surface area contributed by atoms with Crippen molar-refractivity contribution in [2.75, 3.05) is 0 Å². The lowest BCUT2D eigenvalue weighted by atomic mass is 9.46. The second-order valence-electron chi connectivity index (χ2n) is 10.0. The number of hydrogen-bond acceptors (Lipinski definition) is 5. The van der Waals surface area contributed by atoms with Crippen LogP contribution in [0.4, 0.5) is 0 Å². The summed E-state index contributed by atoms with van der Waals surface area (Å²) in [5.41, 5.74) is -0.812. The molecule has 0 aromatic carbocycles. The van der Waals surface area contributed by atoms with E-state index in [0.29, 0.717) is 25.7 Å². The van der Waals surface area contributed by atoms with Crippen LogP contribution in [0.25, 0.3) is 0 Å². The number of allylic oxidation sites excluding steroid dienone is 1. The van der Waals surface area contributed by atoms with Gasteiger partial charge in [-0.2, -0.15) is 0 Å². The third kappa shape index (κ3) is 2.54. The second kappa shape index (κ2) is 6.32. The number of hydrogen-bond donors (Lipinski definition) is 3. The zero-order valence-electron chi connectivity index (χ0n) is 17.0. The Morgan fingerprint density at radius 2 is 2.00 bits per heavy atom. The lowest BCUT2D eigenvalue weighted by Crippen LogP contribution is -2.60. The van der Waals surface area contributed by atoms with Crippen LogP contribution < -0.4 is 0 Å². The normalized spacial score (nSPS) is 52.5. The molecule has 154 valence electrons. The van der Waals surface area contributed by atoms with E-state index in [0.717, 1.165) is 12.8 Å². The molecule has 0 aromatic heterocycles. The summed E-state index contributed by atoms with van der Waals surface area (Å²) in [7, 11) is 0. The maximum absolute atomic E-state index is 11.4. The molecule has 4 aliphatic rings. The van der Waals surface area contributed by atoms with E-state index >= 15 is 0 Å². The molecule has 28 heavy (non-hydrogen) atoms. The molecule has 0 amide bonds. The molecule has 0 aliphatic heterocycles. The van der Waals surface area contributed by atoms with Crippen LogP contribution in [0, 0.1) is 40.9 Å². The summed E-state index contributed by atoms with van der Waals surface area (Å²) in [5.74, 6) is 2.74. The van der Waals surface area contributed by atoms with Gasteiger partial charge < -0.3 is 20.1 Å². The van der Waals surface area contributed by atoms with Gasteiger partial charge in [0.25, 0.3) is 0 Å². The Kier molecular flexibility index (Phi) is 4.50. The Morgan fingerprint density at radius 1 is 1.29 bits per heavy atom. The monoisotopic (exact) mass is 388 g/mol. The van der Waals surface area contributed by atoms with Gasteiger partial charge in [-0.25, -0.2) is 0 Å². The smallest absolute Gasteiger partial charge is 0.303 e. The first kappa shape index (κ1) is 19.9. The van der Waals surface area contributed by atoms with E-state index in [-0.39, 0.29) is 29.1 Å². The standard InChI is InChI=1S/C23H32O5/c1-5-23(27)9-8-16-15-7-6-14-10-19(28-13(2)24)17(25)11-21(14,3)20(15)18(26)12-22(16,23)4/h1,6,15-20,25-27H,7-12H2,2-4H3/t15-,16-,17?,18?,19?,20-,21-,22-,23?/m0/s1. The Bertz CT molecular complexity index is 753. The molecule has 0 saturated heterocycles. The quantitative estimate of drug-likeness (QED) is 0.364. The van der Waals surface area contributed by atoms with Gasteiger partial charge in [0.15, 0.2) is 0 Å². The zero-order chi connectivity index (χ0) is 20.5. The van der Waals surface area contributed by atoms with E-state index in [1.807, 2.05) is 6.92 Å². The third-order valence-electron chi connectivity index (χ3n) is 8.75. The summed E-state index contributed by atoms with van der Waals surface area (Å²) < 4.78 is 5.34. The van der Waals surface area contributed by atoms with E-state index in [2.05, 4.69) is 18.9 Å². The predicted octanol–water partition coefficient (Wildman–Crippen LogP) is 2.19. The lowest BCUT2D eigenvalue weighted by Gasteiger charge is -2.60. The highest BCUT2D eigenvalue weighted by Crippen LogP contribution is 2.67. The molecule has 4 unspecified atom stereocenters. The van der Waals surface area contributed by atoms with Crippen LogP contribution in [0.2, 0.25) is 0 Å². The predicted molar refractivity (Wildman–Crippen MR) is 104 cm³/mol. The van der Waals surface area contributed by atoms with E-state index in [1.54, 1.807) is 0 Å². The minimum absolute atomic E-state index is 0.0126. The van der Waals surface area contributed by atoms with Crippen LogP contribution >= 0.6 is 0 Å². The van der Waals surface area contributed by atoms with Crippen molar-refractivity contribution >= 4 is 5.97 Å². The number of aliphatic hydroxyl groups excluding tert-OH is 2. The zero-order valence-corrected chi connectivity index (χ0v) is 17.0. The molecule has 0 heterocycles. The average molecular weight is 389 g/mol. The summed E-state index contributed by atoms with van der Waals surface area (Å²) in [5, 5.41) is 33.0. The van der Waals surface area contributed by atoms with Crippen molar-refractivity contribution in [3.05, 3.63) is 11.6 Å². The van der Waals surface area contributed by atoms with Crippen LogP contribution in [0.3, 0.4) is 0 Å². The van der Waals surface area contributed by atoms with Crippen molar-refractivity contribution in [3.63, 3.8) is 0 Å². The Labute approximate surface area is 167 Å². The molecule has 5 heteroatoms. The molecule has 3 N–H and O–H groups in total. The van der Waals surface area contributed by atoms with E-state index in [1.165, 1.54) is 12.5 Å². The number of rotatable bonds is 1. The SMILES string of the molecule is C#CC1(O)CC[C@H]2[C@@H]3CC=C4CC(OC(C)=O)C(O)C[C@]4(C)[C@@H]3C(O)C[C@@]21C. The minimum Gasteiger partial charge on any atom is -0.459 e. The highest BCUT2D eigenvalue weighted by Gasteiger charge is 2.66. The number of ether oxygens (including phenoxy) is 1. The maximum Gasteiger partial charge on any atom is 0.303 e. The maximum atomic E-state index is 11.4. The average Bonchev–Trinajstić information content (AvgIpc) is 2.86. The molecule has 3 fully saturated rings. The number of esters is 1. The lowest BCUT2D eigenvalue weighted by molar-refractivity contribution is -0.171. The summed E-state index contributed by atoms with van der Waals surface area (Å²) >= 11 is 0. The molecule has 0 bridgehead atoms. The fourth-order valence-corrected chi connectivity index (χ4v) is 7.39. The second-order valence-corrected chi connectivity index (χ2v) is 10.0. The topological polar surface area (TPSA) is 87.0 Å². The Balaban J connectivity index is 1.69. The molecule has 5 nitrogen and oxygen atoms in total. The van der Waals surface area contributed by atoms with E-state index in [9.17, 15) is 20.1 Å². The molecule has 0 radical (unpaired) electrons. The highest BCUT2D eigenvalue weighted by atomic mass is 16.6. The van der Waals surface area contributed by atoms with Gasteiger partial charge in [0, 0.05) is 18.8 Å². The van der Waals surface area contributed by atoms with E-state index in [4.69, 9.17) is 11.2 Å². The van der Waals surface area contributed by atoms with Gasteiger partial charge >= 0.3 is 5.97 Å². The van der Waals surface area contributed by atoms with Crippen LogP contribution in [0.1, 0.15) is 59.3 Å². The van der Waals surface area contributed by atoms with Gasteiger partial charge in [0.1, 0.15) is 11.7 Å². The van der Waals surface area contributed by atoms with Gasteiger partial charge in [0.05, 0.1) is 12.2 Å². The van der Waals surface area contributed by atoms with Gasteiger partial charge in [0.2, 0.25) is 0 Å². The van der Waals surface area contributed by atoms with Gasteiger partial charge in [-0.05, 0) is 55.3 Å². The highest BCUT2D eigenvalue weighted by molar-refractivity contribution is 5.66. The molecule has 9 atom stereocenters. The van der Waals surface area contributed by atoms with Gasteiger partial charge in [-0.3, -0.25) is 4.79 Å². The van der Waals surface area contributed by atoms with Crippen molar-refractivity contribution in [3.8, 4) is 12.3 Å². The minimum atomic E-state index is -1.17. The molecular formula is C23H32O5. The first-order valence-electron chi connectivity index (χ1n) is 10.5. The first-order chi connectivity index (χ1) is 13.1. The molecule has 3 saturated carbocycles. The number of carbonyl (C=O) groups excluding carboxylic acids is 1. The summed E-state index contributed by atoms with van der Waals surface area (Å²) in [6, 6.07) is 0. The number of carbonyl (C=O) groups is 1. The van der Waals surface area contributed by atoms with Crippen LogP contribution in [-0.2, 0) is 9.53 Å². The van der Waals surface area contributed by atoms with Crippen LogP contribution in [0.15, 0.2) is 11.6 Å². The summed E-state index contributed by atoms with van der Waals surface area (Å²) in [6.07, 6.45) is 9.83. The van der Waals surface area contributed by atoms with Crippen molar-refractivity contribution < 1.29 is 24.9 Å². The third-order valence-corrected chi connectivity index (χ3v) is 8.75. The molecule has 4 rings (SSSR count).